The van der Waals surface area contributed by atoms with Gasteiger partial charge in [0.05, 0.1) is 0 Å². The van der Waals surface area contributed by atoms with Crippen molar-refractivity contribution < 1.29 is 0 Å². The van der Waals surface area contributed by atoms with Crippen LogP contribution in [-0.2, 0) is 19.9 Å². The van der Waals surface area contributed by atoms with Gasteiger partial charge in [0, 0.05) is 24.4 Å². The normalized spacial score (nSPS) is 17.8. The maximum atomic E-state index is 12.3. The van der Waals surface area contributed by atoms with Crippen molar-refractivity contribution >= 4 is 6.08 Å². The molecule has 0 saturated carbocycles. The molecule has 1 aromatic heterocycles. The standard InChI is InChI=1S/C22H26N2O/c1-23-12-10-17(11-13-23)14-16-6-8-18(9-7-16)21-15-24(2)22(25)20-5-3-4-19(20)21/h3-4,6-9,15,17H,5,10-14H2,1-2H3. The Labute approximate surface area is 149 Å². The Hall–Kier alpha value is -2.13. The van der Waals surface area contributed by atoms with E-state index in [4.69, 9.17) is 0 Å². The second-order valence-electron chi connectivity index (χ2n) is 7.61. The first-order valence-corrected chi connectivity index (χ1v) is 9.28. The molecule has 1 saturated heterocycles. The third kappa shape index (κ3) is 3.21. The minimum Gasteiger partial charge on any atom is -0.318 e. The van der Waals surface area contributed by atoms with Crippen LogP contribution in [0.3, 0.4) is 0 Å². The van der Waals surface area contributed by atoms with E-state index in [0.29, 0.717) is 0 Å². The predicted octanol–water partition coefficient (Wildman–Crippen LogP) is 3.51. The maximum absolute atomic E-state index is 12.3. The van der Waals surface area contributed by atoms with Crippen molar-refractivity contribution in [2.24, 2.45) is 13.0 Å². The Kier molecular flexibility index (Phi) is 4.34. The van der Waals surface area contributed by atoms with Crippen molar-refractivity contribution in [3.05, 3.63) is 63.6 Å². The summed E-state index contributed by atoms with van der Waals surface area (Å²) in [6, 6.07) is 8.97. The minimum absolute atomic E-state index is 0.127. The number of piperidine rings is 1. The summed E-state index contributed by atoms with van der Waals surface area (Å²) < 4.78 is 1.72. The molecule has 2 aliphatic rings. The molecule has 25 heavy (non-hydrogen) atoms. The van der Waals surface area contributed by atoms with Crippen molar-refractivity contribution in [2.75, 3.05) is 20.1 Å². The Balaban J connectivity index is 1.57. The number of aryl methyl sites for hydroxylation is 1. The highest BCUT2D eigenvalue weighted by molar-refractivity contribution is 5.78. The van der Waals surface area contributed by atoms with Crippen LogP contribution in [0.2, 0.25) is 0 Å². The molecule has 1 fully saturated rings. The molecule has 0 radical (unpaired) electrons. The van der Waals surface area contributed by atoms with Gasteiger partial charge in [0.25, 0.3) is 5.56 Å². The third-order valence-corrected chi connectivity index (χ3v) is 5.75. The Bertz CT molecular complexity index is 853. The molecular formula is C22H26N2O. The zero-order chi connectivity index (χ0) is 17.4. The van der Waals surface area contributed by atoms with Gasteiger partial charge in [-0.05, 0) is 68.4 Å². The largest absolute Gasteiger partial charge is 0.318 e. The van der Waals surface area contributed by atoms with Crippen molar-refractivity contribution in [3.8, 4) is 11.1 Å². The van der Waals surface area contributed by atoms with Crippen LogP contribution in [0.1, 0.15) is 29.5 Å². The molecule has 2 aromatic rings. The average Bonchev–Trinajstić information content (AvgIpc) is 3.11. The molecule has 130 valence electrons. The third-order valence-electron chi connectivity index (χ3n) is 5.75. The fraction of sp³-hybridized carbons (Fsp3) is 0.409. The van der Waals surface area contributed by atoms with Crippen LogP contribution < -0.4 is 5.56 Å². The van der Waals surface area contributed by atoms with Gasteiger partial charge < -0.3 is 9.47 Å². The van der Waals surface area contributed by atoms with E-state index in [9.17, 15) is 4.79 Å². The molecule has 2 heterocycles. The molecule has 0 N–H and O–H groups in total. The van der Waals surface area contributed by atoms with Crippen LogP contribution in [0, 0.1) is 5.92 Å². The summed E-state index contributed by atoms with van der Waals surface area (Å²) in [7, 11) is 4.06. The Morgan fingerprint density at radius 3 is 2.52 bits per heavy atom. The summed E-state index contributed by atoms with van der Waals surface area (Å²) in [6.45, 7) is 2.44. The van der Waals surface area contributed by atoms with Crippen LogP contribution in [0.4, 0.5) is 0 Å². The fourth-order valence-corrected chi connectivity index (χ4v) is 4.14. The van der Waals surface area contributed by atoms with Gasteiger partial charge in [-0.25, -0.2) is 0 Å². The van der Waals surface area contributed by atoms with E-state index >= 15 is 0 Å². The highest BCUT2D eigenvalue weighted by atomic mass is 16.1. The molecule has 1 aromatic carbocycles. The maximum Gasteiger partial charge on any atom is 0.254 e. The zero-order valence-electron chi connectivity index (χ0n) is 15.2. The quantitative estimate of drug-likeness (QED) is 0.858. The van der Waals surface area contributed by atoms with Crippen LogP contribution in [-0.4, -0.2) is 29.6 Å². The topological polar surface area (TPSA) is 25.2 Å². The summed E-state index contributed by atoms with van der Waals surface area (Å²) in [4.78, 5) is 14.7. The first-order valence-electron chi connectivity index (χ1n) is 9.28. The predicted molar refractivity (Wildman–Crippen MR) is 104 cm³/mol. The smallest absolute Gasteiger partial charge is 0.254 e. The number of rotatable bonds is 3. The lowest BCUT2D eigenvalue weighted by atomic mass is 9.89. The van der Waals surface area contributed by atoms with Gasteiger partial charge in [-0.2, -0.15) is 0 Å². The number of likely N-dealkylation sites (tertiary alicyclic amines) is 1. The molecule has 1 aliphatic carbocycles. The van der Waals surface area contributed by atoms with E-state index in [0.717, 1.165) is 29.0 Å². The Morgan fingerprint density at radius 1 is 1.08 bits per heavy atom. The van der Waals surface area contributed by atoms with Gasteiger partial charge >= 0.3 is 0 Å². The van der Waals surface area contributed by atoms with Gasteiger partial charge in [0.1, 0.15) is 0 Å². The molecule has 0 bridgehead atoms. The molecule has 1 aliphatic heterocycles. The summed E-state index contributed by atoms with van der Waals surface area (Å²) in [5.74, 6) is 0.812. The molecule has 0 spiro atoms. The van der Waals surface area contributed by atoms with Crippen molar-refractivity contribution in [3.63, 3.8) is 0 Å². The number of fused-ring (bicyclic) bond motifs is 1. The van der Waals surface area contributed by atoms with Crippen LogP contribution in [0.25, 0.3) is 17.2 Å². The summed E-state index contributed by atoms with van der Waals surface area (Å²) >= 11 is 0. The monoisotopic (exact) mass is 334 g/mol. The van der Waals surface area contributed by atoms with Gasteiger partial charge in [-0.15, -0.1) is 0 Å². The SMILES string of the molecule is CN1CCC(Cc2ccc(-c3cn(C)c(=O)c4c3C=CC4)cc2)CC1. The van der Waals surface area contributed by atoms with E-state index in [1.54, 1.807) is 4.57 Å². The van der Waals surface area contributed by atoms with Crippen LogP contribution in [0.5, 0.6) is 0 Å². The van der Waals surface area contributed by atoms with Crippen LogP contribution in [0.15, 0.2) is 41.3 Å². The Morgan fingerprint density at radius 2 is 1.80 bits per heavy atom. The van der Waals surface area contributed by atoms with E-state index in [1.807, 2.05) is 13.2 Å². The van der Waals surface area contributed by atoms with Gasteiger partial charge in [-0.1, -0.05) is 36.4 Å². The van der Waals surface area contributed by atoms with Crippen molar-refractivity contribution in [2.45, 2.75) is 25.7 Å². The number of hydrogen-bond donors (Lipinski definition) is 0. The van der Waals surface area contributed by atoms with E-state index < -0.39 is 0 Å². The second-order valence-corrected chi connectivity index (χ2v) is 7.61. The molecule has 4 rings (SSSR count). The van der Waals surface area contributed by atoms with Crippen molar-refractivity contribution in [1.29, 1.82) is 0 Å². The van der Waals surface area contributed by atoms with Crippen molar-refractivity contribution in [1.82, 2.24) is 9.47 Å². The lowest BCUT2D eigenvalue weighted by molar-refractivity contribution is 0.219. The highest BCUT2D eigenvalue weighted by Crippen LogP contribution is 2.30. The summed E-state index contributed by atoms with van der Waals surface area (Å²) in [5, 5.41) is 0. The number of pyridine rings is 1. The number of nitrogens with zero attached hydrogens (tertiary/aromatic N) is 2. The molecular weight excluding hydrogens is 308 g/mol. The van der Waals surface area contributed by atoms with E-state index in [2.05, 4.69) is 48.4 Å². The number of aromatic nitrogens is 1. The number of allylic oxidation sites excluding steroid dienone is 1. The molecule has 3 heteroatoms. The van der Waals surface area contributed by atoms with Gasteiger partial charge in [-0.3, -0.25) is 4.79 Å². The highest BCUT2D eigenvalue weighted by Gasteiger charge is 2.18. The summed E-state index contributed by atoms with van der Waals surface area (Å²) in [5.41, 5.74) is 5.95. The fourth-order valence-electron chi connectivity index (χ4n) is 4.14. The van der Waals surface area contributed by atoms with E-state index in [-0.39, 0.29) is 5.56 Å². The first-order chi connectivity index (χ1) is 12.1. The molecule has 0 unspecified atom stereocenters. The lowest BCUT2D eigenvalue weighted by Gasteiger charge is -2.29. The average molecular weight is 334 g/mol. The second kappa shape index (κ2) is 6.64. The number of hydrogen-bond acceptors (Lipinski definition) is 2. The van der Waals surface area contributed by atoms with Crippen LogP contribution >= 0.6 is 0 Å². The van der Waals surface area contributed by atoms with E-state index in [1.165, 1.54) is 43.5 Å². The molecule has 3 nitrogen and oxygen atoms in total. The zero-order valence-corrected chi connectivity index (χ0v) is 15.2. The number of benzene rings is 1. The molecule has 0 atom stereocenters. The molecule has 0 amide bonds. The minimum atomic E-state index is 0.127. The summed E-state index contributed by atoms with van der Waals surface area (Å²) in [6.07, 6.45) is 10.7. The van der Waals surface area contributed by atoms with Gasteiger partial charge in [0.2, 0.25) is 0 Å². The first kappa shape index (κ1) is 16.3. The van der Waals surface area contributed by atoms with Gasteiger partial charge in [0.15, 0.2) is 0 Å². The lowest BCUT2D eigenvalue weighted by Crippen LogP contribution is -2.30.